The third-order valence-corrected chi connectivity index (χ3v) is 3.55. The highest BCUT2D eigenvalue weighted by atomic mass is 16.5. The second-order valence-corrected chi connectivity index (χ2v) is 4.52. The minimum atomic E-state index is -0.944. The number of methoxy groups -OCH3 is 1. The van der Waals surface area contributed by atoms with Crippen LogP contribution < -0.4 is 4.74 Å². The number of ether oxygens (including phenoxy) is 1. The van der Waals surface area contributed by atoms with Crippen LogP contribution in [0.5, 0.6) is 5.75 Å². The molecule has 0 saturated carbocycles. The van der Waals surface area contributed by atoms with Gasteiger partial charge in [0.05, 0.1) is 19.1 Å². The standard InChI is InChI=1S/C14H17NO4/c1-3-15-12(16)8-10(14(17)18)13(15)9-6-4-5-7-11(9)19-2/h4-7,10,13H,3,8H2,1-2H3,(H,17,18)/t10-,13-/m0/s1. The van der Waals surface area contributed by atoms with Gasteiger partial charge in [-0.3, -0.25) is 9.59 Å². The van der Waals surface area contributed by atoms with E-state index in [4.69, 9.17) is 4.74 Å². The number of amides is 1. The van der Waals surface area contributed by atoms with E-state index in [1.807, 2.05) is 25.1 Å². The molecule has 5 heteroatoms. The lowest BCUT2D eigenvalue weighted by Gasteiger charge is -2.27. The SMILES string of the molecule is CCN1C(=O)C[C@H](C(=O)O)[C@@H]1c1ccccc1OC. The lowest BCUT2D eigenvalue weighted by atomic mass is 9.93. The van der Waals surface area contributed by atoms with Gasteiger partial charge >= 0.3 is 5.97 Å². The molecule has 2 rings (SSSR count). The molecule has 1 fully saturated rings. The Kier molecular flexibility index (Phi) is 3.74. The Bertz CT molecular complexity index is 500. The van der Waals surface area contributed by atoms with Gasteiger partial charge < -0.3 is 14.7 Å². The molecule has 1 amide bonds. The predicted molar refractivity (Wildman–Crippen MR) is 68.9 cm³/mol. The molecule has 1 heterocycles. The van der Waals surface area contributed by atoms with Gasteiger partial charge in [-0.05, 0) is 13.0 Å². The van der Waals surface area contributed by atoms with Crippen LogP contribution in [0.1, 0.15) is 24.9 Å². The summed E-state index contributed by atoms with van der Waals surface area (Å²) in [6.07, 6.45) is 0.0475. The monoisotopic (exact) mass is 263 g/mol. The molecule has 0 spiro atoms. The zero-order valence-electron chi connectivity index (χ0n) is 11.0. The molecule has 5 nitrogen and oxygen atoms in total. The molecule has 1 aromatic carbocycles. The normalized spacial score (nSPS) is 22.6. The van der Waals surface area contributed by atoms with E-state index in [9.17, 15) is 14.7 Å². The maximum Gasteiger partial charge on any atom is 0.309 e. The number of rotatable bonds is 4. The lowest BCUT2D eigenvalue weighted by Crippen LogP contribution is -2.30. The van der Waals surface area contributed by atoms with Gasteiger partial charge in [0.1, 0.15) is 5.75 Å². The largest absolute Gasteiger partial charge is 0.496 e. The third kappa shape index (κ3) is 2.28. The van der Waals surface area contributed by atoms with Crippen LogP contribution in [0.15, 0.2) is 24.3 Å². The van der Waals surface area contributed by atoms with Gasteiger partial charge in [0.2, 0.25) is 5.91 Å². The van der Waals surface area contributed by atoms with Crippen molar-refractivity contribution in [1.29, 1.82) is 0 Å². The summed E-state index contributed by atoms with van der Waals surface area (Å²) in [5.41, 5.74) is 0.755. The topological polar surface area (TPSA) is 66.8 Å². The fourth-order valence-corrected chi connectivity index (χ4v) is 2.68. The molecule has 1 aliphatic rings. The fraction of sp³-hybridized carbons (Fsp3) is 0.429. The molecule has 1 N–H and O–H groups in total. The van der Waals surface area contributed by atoms with Gasteiger partial charge in [0, 0.05) is 18.5 Å². The van der Waals surface area contributed by atoms with E-state index in [0.29, 0.717) is 12.3 Å². The van der Waals surface area contributed by atoms with Crippen molar-refractivity contribution in [2.75, 3.05) is 13.7 Å². The van der Waals surface area contributed by atoms with Gasteiger partial charge in [-0.15, -0.1) is 0 Å². The molecule has 0 bridgehead atoms. The first-order valence-electron chi connectivity index (χ1n) is 6.25. The number of benzene rings is 1. The number of carboxylic acids is 1. The highest BCUT2D eigenvalue weighted by molar-refractivity contribution is 5.87. The summed E-state index contributed by atoms with van der Waals surface area (Å²) < 4.78 is 5.28. The van der Waals surface area contributed by atoms with Gasteiger partial charge in [0.25, 0.3) is 0 Å². The second kappa shape index (κ2) is 5.30. The van der Waals surface area contributed by atoms with Crippen molar-refractivity contribution < 1.29 is 19.4 Å². The van der Waals surface area contributed by atoms with Crippen LogP contribution in [0.2, 0.25) is 0 Å². The van der Waals surface area contributed by atoms with Gasteiger partial charge in [-0.2, -0.15) is 0 Å². The molecule has 19 heavy (non-hydrogen) atoms. The van der Waals surface area contributed by atoms with E-state index < -0.39 is 17.9 Å². The van der Waals surface area contributed by atoms with Crippen LogP contribution in [0.3, 0.4) is 0 Å². The number of aliphatic carboxylic acids is 1. The molecular weight excluding hydrogens is 246 g/mol. The number of para-hydroxylation sites is 1. The van der Waals surface area contributed by atoms with Gasteiger partial charge in [-0.25, -0.2) is 0 Å². The molecular formula is C14H17NO4. The van der Waals surface area contributed by atoms with Crippen molar-refractivity contribution in [3.8, 4) is 5.75 Å². The minimum Gasteiger partial charge on any atom is -0.496 e. The Hall–Kier alpha value is -2.04. The number of hydrogen-bond donors (Lipinski definition) is 1. The molecule has 102 valence electrons. The second-order valence-electron chi connectivity index (χ2n) is 4.52. The zero-order chi connectivity index (χ0) is 14.0. The van der Waals surface area contributed by atoms with Crippen molar-refractivity contribution in [2.45, 2.75) is 19.4 Å². The van der Waals surface area contributed by atoms with E-state index in [2.05, 4.69) is 0 Å². The van der Waals surface area contributed by atoms with Crippen LogP contribution in [0.25, 0.3) is 0 Å². The first kappa shape index (κ1) is 13.4. The number of nitrogens with zero attached hydrogens (tertiary/aromatic N) is 1. The molecule has 0 unspecified atom stereocenters. The molecule has 1 aliphatic heterocycles. The van der Waals surface area contributed by atoms with Crippen molar-refractivity contribution in [1.82, 2.24) is 4.90 Å². The number of carbonyl (C=O) groups excluding carboxylic acids is 1. The van der Waals surface area contributed by atoms with E-state index in [1.54, 1.807) is 18.1 Å². The molecule has 0 radical (unpaired) electrons. The van der Waals surface area contributed by atoms with Crippen LogP contribution in [-0.4, -0.2) is 35.5 Å². The predicted octanol–water partition coefficient (Wildman–Crippen LogP) is 1.69. The van der Waals surface area contributed by atoms with Crippen LogP contribution in [0, 0.1) is 5.92 Å². The minimum absolute atomic E-state index is 0.0475. The summed E-state index contributed by atoms with van der Waals surface area (Å²) in [4.78, 5) is 24.9. The van der Waals surface area contributed by atoms with Gasteiger partial charge in [-0.1, -0.05) is 18.2 Å². The lowest BCUT2D eigenvalue weighted by molar-refractivity contribution is -0.142. The summed E-state index contributed by atoms with van der Waals surface area (Å²) in [7, 11) is 1.54. The van der Waals surface area contributed by atoms with Crippen molar-refractivity contribution in [2.24, 2.45) is 5.92 Å². The average molecular weight is 263 g/mol. The van der Waals surface area contributed by atoms with E-state index in [1.165, 1.54) is 0 Å². The highest BCUT2D eigenvalue weighted by Crippen LogP contribution is 2.41. The van der Waals surface area contributed by atoms with Crippen LogP contribution >= 0.6 is 0 Å². The Morgan fingerprint density at radius 3 is 2.74 bits per heavy atom. The smallest absolute Gasteiger partial charge is 0.309 e. The number of hydrogen-bond acceptors (Lipinski definition) is 3. The number of carboxylic acid groups (broad SMARTS) is 1. The van der Waals surface area contributed by atoms with E-state index in [-0.39, 0.29) is 12.3 Å². The highest BCUT2D eigenvalue weighted by Gasteiger charge is 2.44. The molecule has 1 aromatic rings. The number of carbonyl (C=O) groups is 2. The average Bonchev–Trinajstić information content (AvgIpc) is 2.75. The molecule has 0 aliphatic carbocycles. The van der Waals surface area contributed by atoms with Crippen LogP contribution in [-0.2, 0) is 9.59 Å². The first-order chi connectivity index (χ1) is 9.10. The van der Waals surface area contributed by atoms with Crippen molar-refractivity contribution in [3.05, 3.63) is 29.8 Å². The molecule has 1 saturated heterocycles. The summed E-state index contributed by atoms with van der Waals surface area (Å²) in [6.45, 7) is 2.34. The van der Waals surface area contributed by atoms with Crippen molar-refractivity contribution >= 4 is 11.9 Å². The molecule has 0 aromatic heterocycles. The summed E-state index contributed by atoms with van der Waals surface area (Å²) in [5.74, 6) is -1.17. The van der Waals surface area contributed by atoms with Gasteiger partial charge in [0.15, 0.2) is 0 Å². The fourth-order valence-electron chi connectivity index (χ4n) is 2.68. The maximum absolute atomic E-state index is 11.9. The Morgan fingerprint density at radius 2 is 2.16 bits per heavy atom. The Morgan fingerprint density at radius 1 is 1.47 bits per heavy atom. The first-order valence-corrected chi connectivity index (χ1v) is 6.25. The van der Waals surface area contributed by atoms with E-state index >= 15 is 0 Å². The van der Waals surface area contributed by atoms with Crippen molar-refractivity contribution in [3.63, 3.8) is 0 Å². The molecule has 2 atom stereocenters. The quantitative estimate of drug-likeness (QED) is 0.897. The summed E-state index contributed by atoms with van der Waals surface area (Å²) in [6, 6.07) is 6.80. The Balaban J connectivity index is 2.48. The zero-order valence-corrected chi connectivity index (χ0v) is 11.0. The van der Waals surface area contributed by atoms with Crippen LogP contribution in [0.4, 0.5) is 0 Å². The maximum atomic E-state index is 11.9. The third-order valence-electron chi connectivity index (χ3n) is 3.55. The number of likely N-dealkylation sites (tertiary alicyclic amines) is 1. The summed E-state index contributed by atoms with van der Waals surface area (Å²) >= 11 is 0. The van der Waals surface area contributed by atoms with E-state index in [0.717, 1.165) is 5.56 Å². The Labute approximate surface area is 111 Å². The summed E-state index contributed by atoms with van der Waals surface area (Å²) in [5, 5.41) is 9.32.